The molecule has 1 aliphatic carbocycles. The van der Waals surface area contributed by atoms with Crippen molar-refractivity contribution < 1.29 is 0 Å². The zero-order chi connectivity index (χ0) is 29.9. The molecule has 2 aliphatic rings. The fraction of sp³-hybridized carbons (Fsp3) is 0.312. The summed E-state index contributed by atoms with van der Waals surface area (Å²) in [5.41, 5.74) is 6.21. The maximum absolute atomic E-state index is 14.0. The molecule has 0 saturated carbocycles. The smallest absolute Gasteiger partial charge is 0.276 e. The Hall–Kier alpha value is -5.10. The Kier molecular flexibility index (Phi) is 7.72. The van der Waals surface area contributed by atoms with Crippen molar-refractivity contribution in [2.24, 2.45) is 7.05 Å². The van der Waals surface area contributed by atoms with E-state index in [1.165, 1.54) is 12.0 Å². The van der Waals surface area contributed by atoms with Crippen LogP contribution < -0.4 is 26.8 Å². The highest BCUT2D eigenvalue weighted by molar-refractivity contribution is 5.81. The van der Waals surface area contributed by atoms with Crippen molar-refractivity contribution in [3.05, 3.63) is 88.9 Å². The highest BCUT2D eigenvalue weighted by Crippen LogP contribution is 2.30. The van der Waals surface area contributed by atoms with Crippen molar-refractivity contribution in [3.63, 3.8) is 0 Å². The van der Waals surface area contributed by atoms with Crippen LogP contribution >= 0.6 is 0 Å². The maximum atomic E-state index is 14.0. The number of hydrogen-bond acceptors (Lipinski definition) is 10. The van der Waals surface area contributed by atoms with E-state index >= 15 is 0 Å². The average molecular weight is 590 g/mol. The van der Waals surface area contributed by atoms with E-state index < -0.39 is 0 Å². The van der Waals surface area contributed by atoms with Crippen LogP contribution in [0.4, 0.5) is 28.7 Å². The van der Waals surface area contributed by atoms with Gasteiger partial charge in [-0.05, 0) is 86.7 Å². The molecule has 12 nitrogen and oxygen atoms in total. The SMILES string of the molecule is Cn1nnc(Cn2c(=O)c(Nc3cccnc3)cc3cnc(Nc4ccc(NC5CCCNC5)cc4)nc32)c1C1=CCCC1. The van der Waals surface area contributed by atoms with Gasteiger partial charge in [0.1, 0.15) is 17.0 Å². The summed E-state index contributed by atoms with van der Waals surface area (Å²) >= 11 is 0. The van der Waals surface area contributed by atoms with Crippen molar-refractivity contribution in [1.82, 2.24) is 39.8 Å². The number of pyridine rings is 2. The van der Waals surface area contributed by atoms with Gasteiger partial charge in [0.15, 0.2) is 0 Å². The first-order valence-electron chi connectivity index (χ1n) is 15.1. The summed E-state index contributed by atoms with van der Waals surface area (Å²) in [6, 6.07) is 14.0. The molecule has 224 valence electrons. The second-order valence-electron chi connectivity index (χ2n) is 11.3. The summed E-state index contributed by atoms with van der Waals surface area (Å²) in [6.07, 6.45) is 12.8. The number of hydrogen-bond donors (Lipinski definition) is 4. The van der Waals surface area contributed by atoms with Crippen LogP contribution in [-0.4, -0.2) is 53.6 Å². The van der Waals surface area contributed by atoms with E-state index in [0.29, 0.717) is 34.4 Å². The number of rotatable bonds is 9. The number of benzene rings is 1. The van der Waals surface area contributed by atoms with E-state index in [-0.39, 0.29) is 12.1 Å². The lowest BCUT2D eigenvalue weighted by molar-refractivity contribution is 0.480. The molecule has 5 aromatic rings. The Morgan fingerprint density at radius 2 is 1.93 bits per heavy atom. The molecule has 7 rings (SSSR count). The van der Waals surface area contributed by atoms with Crippen LogP contribution in [0.2, 0.25) is 0 Å². The first-order valence-corrected chi connectivity index (χ1v) is 15.1. The number of nitrogens with one attached hydrogen (secondary N) is 4. The van der Waals surface area contributed by atoms with Gasteiger partial charge in [0.25, 0.3) is 5.56 Å². The minimum absolute atomic E-state index is 0.214. The lowest BCUT2D eigenvalue weighted by Crippen LogP contribution is -2.38. The van der Waals surface area contributed by atoms with Gasteiger partial charge in [-0.2, -0.15) is 4.98 Å². The number of nitrogens with zero attached hydrogens (tertiary/aromatic N) is 7. The Labute approximate surface area is 254 Å². The summed E-state index contributed by atoms with van der Waals surface area (Å²) < 4.78 is 3.44. The molecule has 1 unspecified atom stereocenters. The van der Waals surface area contributed by atoms with Crippen molar-refractivity contribution in [3.8, 4) is 0 Å². The van der Waals surface area contributed by atoms with Crippen molar-refractivity contribution in [2.75, 3.05) is 29.0 Å². The molecule has 44 heavy (non-hydrogen) atoms. The van der Waals surface area contributed by atoms with Gasteiger partial charge >= 0.3 is 0 Å². The predicted molar refractivity (Wildman–Crippen MR) is 172 cm³/mol. The van der Waals surface area contributed by atoms with Gasteiger partial charge < -0.3 is 21.3 Å². The molecule has 0 spiro atoms. The third-order valence-corrected chi connectivity index (χ3v) is 8.13. The lowest BCUT2D eigenvalue weighted by atomic mass is 10.1. The van der Waals surface area contributed by atoms with Gasteiger partial charge in [0.05, 0.1) is 24.1 Å². The maximum Gasteiger partial charge on any atom is 0.276 e. The van der Waals surface area contributed by atoms with E-state index in [1.54, 1.807) is 33.9 Å². The largest absolute Gasteiger partial charge is 0.381 e. The minimum Gasteiger partial charge on any atom is -0.381 e. The Balaban J connectivity index is 1.22. The Bertz CT molecular complexity index is 1860. The molecule has 4 N–H and O–H groups in total. The quantitative estimate of drug-likeness (QED) is 0.193. The first kappa shape index (κ1) is 27.7. The van der Waals surface area contributed by atoms with Gasteiger partial charge in [-0.1, -0.05) is 11.3 Å². The second-order valence-corrected chi connectivity index (χ2v) is 11.3. The molecule has 12 heteroatoms. The van der Waals surface area contributed by atoms with Crippen LogP contribution in [0.15, 0.2) is 71.9 Å². The fourth-order valence-corrected chi connectivity index (χ4v) is 5.97. The molecule has 1 saturated heterocycles. The number of anilines is 5. The van der Waals surface area contributed by atoms with E-state index in [0.717, 1.165) is 61.5 Å². The average Bonchev–Trinajstić information content (AvgIpc) is 3.71. The van der Waals surface area contributed by atoms with Crippen LogP contribution in [0, 0.1) is 0 Å². The Morgan fingerprint density at radius 1 is 1.05 bits per heavy atom. The lowest BCUT2D eigenvalue weighted by Gasteiger charge is -2.24. The summed E-state index contributed by atoms with van der Waals surface area (Å²) in [5.74, 6) is 0.397. The zero-order valence-electron chi connectivity index (χ0n) is 24.6. The summed E-state index contributed by atoms with van der Waals surface area (Å²) in [4.78, 5) is 27.6. The highest BCUT2D eigenvalue weighted by Gasteiger charge is 2.21. The van der Waals surface area contributed by atoms with E-state index in [1.807, 2.05) is 31.3 Å². The third kappa shape index (κ3) is 5.88. The summed E-state index contributed by atoms with van der Waals surface area (Å²) in [5, 5.41) is 23.1. The zero-order valence-corrected chi connectivity index (χ0v) is 24.6. The van der Waals surface area contributed by atoms with Crippen molar-refractivity contribution >= 4 is 45.3 Å². The van der Waals surface area contributed by atoms with Crippen molar-refractivity contribution in [2.45, 2.75) is 44.7 Å². The Morgan fingerprint density at radius 3 is 2.70 bits per heavy atom. The van der Waals surface area contributed by atoms with Crippen LogP contribution in [0.1, 0.15) is 43.5 Å². The van der Waals surface area contributed by atoms with Gasteiger partial charge in [0, 0.05) is 48.8 Å². The number of aromatic nitrogens is 7. The highest BCUT2D eigenvalue weighted by atomic mass is 16.1. The predicted octanol–water partition coefficient (Wildman–Crippen LogP) is 4.58. The molecule has 5 heterocycles. The topological polar surface area (TPSA) is 140 Å². The number of piperidine rings is 1. The first-order chi connectivity index (χ1) is 21.6. The molecule has 0 bridgehead atoms. The normalized spacial score (nSPS) is 16.6. The molecule has 0 amide bonds. The molecule has 1 atom stereocenters. The third-order valence-electron chi connectivity index (χ3n) is 8.13. The number of fused-ring (bicyclic) bond motifs is 1. The second kappa shape index (κ2) is 12.3. The standard InChI is InChI=1S/C32H35N11O/c1-42-29(21-6-2-3-7-21)28(40-41-42)20-43-30-22(16-27(31(43)44)37-26-9-5-15-34-19-26)17-35-32(39-30)38-24-12-10-23(11-13-24)36-25-8-4-14-33-18-25/h5-6,9-13,15-17,19,25,33,36-37H,2-4,7-8,14,18,20H2,1H3,(H,35,38,39). The molecule has 4 aromatic heterocycles. The van der Waals surface area contributed by atoms with Gasteiger partial charge in [-0.25, -0.2) is 9.67 Å². The van der Waals surface area contributed by atoms with E-state index in [9.17, 15) is 4.79 Å². The molecule has 1 aliphatic heterocycles. The molecule has 1 fully saturated rings. The molecule has 0 radical (unpaired) electrons. The minimum atomic E-state index is -0.226. The van der Waals surface area contributed by atoms with Gasteiger partial charge in [0.2, 0.25) is 5.95 Å². The van der Waals surface area contributed by atoms with Crippen LogP contribution in [0.3, 0.4) is 0 Å². The fourth-order valence-electron chi connectivity index (χ4n) is 5.97. The number of allylic oxidation sites excluding steroid dienone is 2. The number of aryl methyl sites for hydroxylation is 1. The molecular weight excluding hydrogens is 554 g/mol. The van der Waals surface area contributed by atoms with Crippen LogP contribution in [0.5, 0.6) is 0 Å². The van der Waals surface area contributed by atoms with Gasteiger partial charge in [-0.15, -0.1) is 5.10 Å². The van der Waals surface area contributed by atoms with Crippen LogP contribution in [0.25, 0.3) is 16.6 Å². The summed E-state index contributed by atoms with van der Waals surface area (Å²) in [7, 11) is 1.89. The molecule has 1 aromatic carbocycles. The monoisotopic (exact) mass is 589 g/mol. The van der Waals surface area contributed by atoms with Crippen LogP contribution in [-0.2, 0) is 13.6 Å². The van der Waals surface area contributed by atoms with E-state index in [2.05, 4.69) is 59.8 Å². The molecular formula is C32H35N11O. The summed E-state index contributed by atoms with van der Waals surface area (Å²) in [6.45, 7) is 2.27. The van der Waals surface area contributed by atoms with Gasteiger partial charge in [-0.3, -0.25) is 14.3 Å². The van der Waals surface area contributed by atoms with Crippen molar-refractivity contribution in [1.29, 1.82) is 0 Å². The van der Waals surface area contributed by atoms with E-state index in [4.69, 9.17) is 4.98 Å².